The topological polar surface area (TPSA) is 72.5 Å². The summed E-state index contributed by atoms with van der Waals surface area (Å²) in [7, 11) is -3.98. The second-order valence-electron chi connectivity index (χ2n) is 4.88. The number of thioether (sulfide) groups is 1. The van der Waals surface area contributed by atoms with E-state index >= 15 is 0 Å². The molecule has 9 heteroatoms. The van der Waals surface area contributed by atoms with Crippen molar-refractivity contribution in [2.75, 3.05) is 0 Å². The third-order valence-corrected chi connectivity index (χ3v) is 6.04. The third-order valence-electron chi connectivity index (χ3n) is 3.13. The van der Waals surface area contributed by atoms with Crippen molar-refractivity contribution in [3.63, 3.8) is 0 Å². The maximum absolute atomic E-state index is 12.4. The summed E-state index contributed by atoms with van der Waals surface area (Å²) >= 11 is 9.39. The molecule has 25 heavy (non-hydrogen) atoms. The molecule has 1 saturated heterocycles. The number of nitrogens with one attached hydrogen (secondary N) is 1. The van der Waals surface area contributed by atoms with Gasteiger partial charge in [0.15, 0.2) is 0 Å². The number of rotatable bonds is 4. The van der Waals surface area contributed by atoms with Crippen LogP contribution in [0.4, 0.5) is 0 Å². The zero-order valence-electron chi connectivity index (χ0n) is 12.4. The fourth-order valence-electron chi connectivity index (χ4n) is 2.02. The van der Waals surface area contributed by atoms with E-state index in [1.165, 1.54) is 18.2 Å². The largest absolute Gasteiger partial charge is 0.378 e. The molecule has 0 spiro atoms. The van der Waals surface area contributed by atoms with Crippen molar-refractivity contribution in [1.82, 2.24) is 5.32 Å². The third kappa shape index (κ3) is 4.30. The molecule has 1 aliphatic rings. The van der Waals surface area contributed by atoms with Gasteiger partial charge >= 0.3 is 10.1 Å². The number of benzene rings is 2. The Hall–Kier alpha value is -1.68. The number of amides is 1. The lowest BCUT2D eigenvalue weighted by Gasteiger charge is -2.10. The molecule has 1 aliphatic heterocycles. The summed E-state index contributed by atoms with van der Waals surface area (Å²) in [6.45, 7) is 0. The molecule has 0 bridgehead atoms. The van der Waals surface area contributed by atoms with Gasteiger partial charge in [0.05, 0.1) is 4.91 Å². The van der Waals surface area contributed by atoms with Crippen LogP contribution in [-0.2, 0) is 14.9 Å². The molecule has 1 heterocycles. The van der Waals surface area contributed by atoms with E-state index in [0.717, 1.165) is 16.2 Å². The minimum Gasteiger partial charge on any atom is -0.378 e. The highest BCUT2D eigenvalue weighted by Gasteiger charge is 2.24. The minimum atomic E-state index is -3.98. The van der Waals surface area contributed by atoms with E-state index in [1.807, 2.05) is 0 Å². The van der Waals surface area contributed by atoms with Crippen LogP contribution in [0.3, 0.4) is 0 Å². The second-order valence-corrected chi connectivity index (χ2v) is 9.07. The zero-order valence-corrected chi connectivity index (χ0v) is 16.5. The first-order chi connectivity index (χ1) is 11.8. The number of hydrogen-bond acceptors (Lipinski definition) is 6. The van der Waals surface area contributed by atoms with E-state index in [2.05, 4.69) is 21.2 Å². The molecule has 2 aromatic carbocycles. The molecule has 1 fully saturated rings. The van der Waals surface area contributed by atoms with Crippen molar-refractivity contribution in [2.45, 2.75) is 4.90 Å². The summed E-state index contributed by atoms with van der Waals surface area (Å²) in [6.07, 6.45) is 1.54. The summed E-state index contributed by atoms with van der Waals surface area (Å²) in [5.41, 5.74) is 0.441. The highest BCUT2D eigenvalue weighted by atomic mass is 79.9. The van der Waals surface area contributed by atoms with Crippen LogP contribution in [0.15, 0.2) is 62.8 Å². The maximum Gasteiger partial charge on any atom is 0.339 e. The Morgan fingerprint density at radius 2 is 1.88 bits per heavy atom. The highest BCUT2D eigenvalue weighted by molar-refractivity contribution is 9.10. The predicted molar refractivity (Wildman–Crippen MR) is 105 cm³/mol. The van der Waals surface area contributed by atoms with Crippen molar-refractivity contribution >= 4 is 66.3 Å². The van der Waals surface area contributed by atoms with Gasteiger partial charge in [-0.3, -0.25) is 4.79 Å². The second kappa shape index (κ2) is 7.28. The van der Waals surface area contributed by atoms with Gasteiger partial charge in [0.1, 0.15) is 15.0 Å². The quantitative estimate of drug-likeness (QED) is 0.430. The van der Waals surface area contributed by atoms with Crippen LogP contribution in [-0.4, -0.2) is 18.6 Å². The van der Waals surface area contributed by atoms with Gasteiger partial charge in [-0.1, -0.05) is 58.1 Å². The summed E-state index contributed by atoms with van der Waals surface area (Å²) < 4.78 is 31.2. The SMILES string of the molecule is O=C1NC(=S)S/C1=C\c1cc(Br)ccc1OS(=O)(=O)c1ccccc1. The van der Waals surface area contributed by atoms with E-state index in [1.54, 1.807) is 36.4 Å². The zero-order chi connectivity index (χ0) is 18.0. The van der Waals surface area contributed by atoms with Crippen LogP contribution in [0, 0.1) is 0 Å². The average Bonchev–Trinajstić information content (AvgIpc) is 2.88. The van der Waals surface area contributed by atoms with E-state index in [0.29, 0.717) is 14.8 Å². The first-order valence-electron chi connectivity index (χ1n) is 6.89. The van der Waals surface area contributed by atoms with Crippen molar-refractivity contribution in [3.8, 4) is 5.75 Å². The summed E-state index contributed by atoms with van der Waals surface area (Å²) in [6, 6.07) is 12.7. The summed E-state index contributed by atoms with van der Waals surface area (Å²) in [5, 5.41) is 2.51. The first-order valence-corrected chi connectivity index (χ1v) is 10.3. The van der Waals surface area contributed by atoms with Crippen molar-refractivity contribution in [3.05, 3.63) is 63.5 Å². The smallest absolute Gasteiger partial charge is 0.339 e. The molecule has 0 aromatic heterocycles. The molecule has 1 amide bonds. The molecule has 5 nitrogen and oxygen atoms in total. The molecule has 0 atom stereocenters. The first kappa shape index (κ1) is 18.1. The minimum absolute atomic E-state index is 0.0469. The van der Waals surface area contributed by atoms with E-state index < -0.39 is 10.1 Å². The van der Waals surface area contributed by atoms with Gasteiger partial charge in [0.2, 0.25) is 0 Å². The Balaban J connectivity index is 1.99. The van der Waals surface area contributed by atoms with E-state index in [4.69, 9.17) is 16.4 Å². The van der Waals surface area contributed by atoms with E-state index in [9.17, 15) is 13.2 Å². The van der Waals surface area contributed by atoms with Crippen molar-refractivity contribution in [2.24, 2.45) is 0 Å². The Kier molecular flexibility index (Phi) is 5.28. The normalized spacial score (nSPS) is 16.1. The molecule has 0 saturated carbocycles. The van der Waals surface area contributed by atoms with Crippen LogP contribution >= 0.6 is 39.9 Å². The van der Waals surface area contributed by atoms with E-state index in [-0.39, 0.29) is 16.6 Å². The Morgan fingerprint density at radius 1 is 1.16 bits per heavy atom. The van der Waals surface area contributed by atoms with Gasteiger partial charge in [-0.15, -0.1) is 0 Å². The number of hydrogen-bond donors (Lipinski definition) is 1. The molecule has 128 valence electrons. The van der Waals surface area contributed by atoms with Gasteiger partial charge in [-0.05, 0) is 36.4 Å². The Labute approximate surface area is 162 Å². The van der Waals surface area contributed by atoms with Crippen LogP contribution in [0.1, 0.15) is 5.56 Å². The molecule has 0 aliphatic carbocycles. The van der Waals surface area contributed by atoms with Crippen LogP contribution in [0.25, 0.3) is 6.08 Å². The van der Waals surface area contributed by atoms with Gasteiger partial charge in [-0.25, -0.2) is 0 Å². The summed E-state index contributed by atoms with van der Waals surface area (Å²) in [4.78, 5) is 12.2. The highest BCUT2D eigenvalue weighted by Crippen LogP contribution is 2.32. The monoisotopic (exact) mass is 455 g/mol. The molecule has 2 aromatic rings. The van der Waals surface area contributed by atoms with Crippen LogP contribution in [0.2, 0.25) is 0 Å². The van der Waals surface area contributed by atoms with Gasteiger partial charge in [0, 0.05) is 10.0 Å². The predicted octanol–water partition coefficient (Wildman–Crippen LogP) is 3.71. The van der Waals surface area contributed by atoms with Gasteiger partial charge in [-0.2, -0.15) is 8.42 Å². The number of carbonyl (C=O) groups is 1. The lowest BCUT2D eigenvalue weighted by Crippen LogP contribution is -2.17. The lowest BCUT2D eigenvalue weighted by molar-refractivity contribution is -0.115. The van der Waals surface area contributed by atoms with Gasteiger partial charge in [0.25, 0.3) is 5.91 Å². The number of thiocarbonyl (C=S) groups is 1. The lowest BCUT2D eigenvalue weighted by atomic mass is 10.2. The molecule has 3 rings (SSSR count). The number of halogens is 1. The number of carbonyl (C=O) groups excluding carboxylic acids is 1. The molecular weight excluding hydrogens is 446 g/mol. The fourth-order valence-corrected chi connectivity index (χ4v) is 4.41. The average molecular weight is 456 g/mol. The summed E-state index contributed by atoms with van der Waals surface area (Å²) in [5.74, 6) is -0.211. The Bertz CT molecular complexity index is 988. The van der Waals surface area contributed by atoms with Crippen molar-refractivity contribution in [1.29, 1.82) is 0 Å². The van der Waals surface area contributed by atoms with Crippen LogP contribution < -0.4 is 9.50 Å². The molecule has 1 N–H and O–H groups in total. The van der Waals surface area contributed by atoms with Gasteiger partial charge < -0.3 is 9.50 Å². The standard InChI is InChI=1S/C16H10BrNO4S3/c17-11-6-7-13(22-25(20,21)12-4-2-1-3-5-12)10(8-11)9-14-15(19)18-16(23)24-14/h1-9H,(H,18,19,23)/b14-9-. The van der Waals surface area contributed by atoms with Crippen LogP contribution in [0.5, 0.6) is 5.75 Å². The fraction of sp³-hybridized carbons (Fsp3) is 0. The maximum atomic E-state index is 12.4. The molecule has 0 unspecified atom stereocenters. The Morgan fingerprint density at radius 3 is 2.52 bits per heavy atom. The van der Waals surface area contributed by atoms with Crippen molar-refractivity contribution < 1.29 is 17.4 Å². The molecule has 0 radical (unpaired) electrons. The molecular formula is C16H10BrNO4S3.